The number of carbonyl (C=O) groups is 1. The van der Waals surface area contributed by atoms with E-state index in [9.17, 15) is 4.79 Å². The molecule has 33 heavy (non-hydrogen) atoms. The van der Waals surface area contributed by atoms with Gasteiger partial charge < -0.3 is 29.6 Å². The van der Waals surface area contributed by atoms with Crippen LogP contribution in [0.15, 0.2) is 54.6 Å². The maximum absolute atomic E-state index is 11.3. The van der Waals surface area contributed by atoms with Crippen molar-refractivity contribution < 1.29 is 23.7 Å². The molecule has 0 fully saturated rings. The number of alkyl carbamates (subject to hydrolysis) is 1. The molecule has 1 aromatic heterocycles. The Morgan fingerprint density at radius 1 is 0.848 bits per heavy atom. The summed E-state index contributed by atoms with van der Waals surface area (Å²) in [6.07, 6.45) is -0.467. The first-order chi connectivity index (χ1) is 16.1. The number of carbonyl (C=O) groups excluding carboxylic acids is 1. The van der Waals surface area contributed by atoms with E-state index in [2.05, 4.69) is 10.6 Å². The highest BCUT2D eigenvalue weighted by molar-refractivity contribution is 6.09. The minimum Gasteiger partial charge on any atom is -0.497 e. The summed E-state index contributed by atoms with van der Waals surface area (Å²) in [6.45, 7) is 0.190. The molecule has 170 valence electrons. The SMILES string of the molecule is CNC(=O)OCc1ccc(Nc2c3cc(OC)ccc3nc3cc(OC)c(OC)cc23)cc1. The molecule has 0 aliphatic heterocycles. The fraction of sp³-hybridized carbons (Fsp3) is 0.200. The van der Waals surface area contributed by atoms with Crippen molar-refractivity contribution in [3.63, 3.8) is 0 Å². The highest BCUT2D eigenvalue weighted by Crippen LogP contribution is 2.40. The number of fused-ring (bicyclic) bond motifs is 2. The van der Waals surface area contributed by atoms with Gasteiger partial charge in [-0.25, -0.2) is 9.78 Å². The number of methoxy groups -OCH3 is 3. The zero-order valence-corrected chi connectivity index (χ0v) is 18.9. The highest BCUT2D eigenvalue weighted by atomic mass is 16.5. The van der Waals surface area contributed by atoms with Crippen molar-refractivity contribution in [2.45, 2.75) is 6.61 Å². The molecule has 0 bridgehead atoms. The summed E-state index contributed by atoms with van der Waals surface area (Å²) in [6, 6.07) is 17.2. The van der Waals surface area contributed by atoms with Crippen molar-refractivity contribution in [3.8, 4) is 17.2 Å². The van der Waals surface area contributed by atoms with Gasteiger partial charge in [-0.1, -0.05) is 12.1 Å². The molecule has 1 amide bonds. The number of anilines is 2. The summed E-state index contributed by atoms with van der Waals surface area (Å²) in [5, 5.41) is 7.73. The van der Waals surface area contributed by atoms with Crippen LogP contribution in [0.3, 0.4) is 0 Å². The molecule has 0 radical (unpaired) electrons. The third kappa shape index (κ3) is 4.55. The van der Waals surface area contributed by atoms with Crippen LogP contribution in [0.25, 0.3) is 21.8 Å². The lowest BCUT2D eigenvalue weighted by Gasteiger charge is -2.16. The molecule has 0 spiro atoms. The Morgan fingerprint density at radius 2 is 1.55 bits per heavy atom. The van der Waals surface area contributed by atoms with Gasteiger partial charge in [-0.05, 0) is 42.0 Å². The second-order valence-electron chi connectivity index (χ2n) is 7.24. The first-order valence-corrected chi connectivity index (χ1v) is 10.3. The molecule has 4 aromatic rings. The maximum Gasteiger partial charge on any atom is 0.407 e. The molecule has 0 saturated heterocycles. The van der Waals surface area contributed by atoms with E-state index in [1.165, 1.54) is 7.05 Å². The number of ether oxygens (including phenoxy) is 4. The Hall–Kier alpha value is -4.20. The molecule has 4 rings (SSSR count). The Kier molecular flexibility index (Phi) is 6.35. The quantitative estimate of drug-likeness (QED) is 0.385. The van der Waals surface area contributed by atoms with Gasteiger partial charge in [0.1, 0.15) is 12.4 Å². The van der Waals surface area contributed by atoms with E-state index in [0.717, 1.165) is 44.5 Å². The molecule has 1 heterocycles. The van der Waals surface area contributed by atoms with E-state index in [4.69, 9.17) is 23.9 Å². The minimum atomic E-state index is -0.467. The Labute approximate surface area is 191 Å². The second kappa shape index (κ2) is 9.52. The van der Waals surface area contributed by atoms with E-state index in [1.807, 2.05) is 54.6 Å². The number of pyridine rings is 1. The van der Waals surface area contributed by atoms with Gasteiger partial charge in [0, 0.05) is 29.6 Å². The monoisotopic (exact) mass is 447 g/mol. The average Bonchev–Trinajstić information content (AvgIpc) is 2.86. The fourth-order valence-corrected chi connectivity index (χ4v) is 3.56. The Bertz CT molecular complexity index is 1310. The smallest absolute Gasteiger partial charge is 0.407 e. The zero-order chi connectivity index (χ0) is 23.4. The lowest BCUT2D eigenvalue weighted by atomic mass is 10.1. The van der Waals surface area contributed by atoms with Crippen LogP contribution in [0.2, 0.25) is 0 Å². The number of nitrogens with zero attached hydrogens (tertiary/aromatic N) is 1. The van der Waals surface area contributed by atoms with Crippen LogP contribution >= 0.6 is 0 Å². The van der Waals surface area contributed by atoms with Crippen molar-refractivity contribution in [1.29, 1.82) is 0 Å². The summed E-state index contributed by atoms with van der Waals surface area (Å²) < 4.78 is 21.5. The molecule has 3 aromatic carbocycles. The molecule has 0 aliphatic rings. The van der Waals surface area contributed by atoms with Crippen molar-refractivity contribution in [2.75, 3.05) is 33.7 Å². The van der Waals surface area contributed by atoms with Gasteiger partial charge in [-0.15, -0.1) is 0 Å². The highest BCUT2D eigenvalue weighted by Gasteiger charge is 2.15. The molecule has 0 atom stereocenters. The Morgan fingerprint density at radius 3 is 2.21 bits per heavy atom. The second-order valence-corrected chi connectivity index (χ2v) is 7.24. The van der Waals surface area contributed by atoms with Gasteiger partial charge in [-0.2, -0.15) is 0 Å². The number of benzene rings is 3. The van der Waals surface area contributed by atoms with Crippen LogP contribution in [-0.4, -0.2) is 39.5 Å². The van der Waals surface area contributed by atoms with Crippen LogP contribution in [0, 0.1) is 0 Å². The van der Waals surface area contributed by atoms with Gasteiger partial charge in [0.15, 0.2) is 11.5 Å². The topological polar surface area (TPSA) is 90.9 Å². The molecule has 0 aliphatic carbocycles. The van der Waals surface area contributed by atoms with E-state index in [-0.39, 0.29) is 6.61 Å². The van der Waals surface area contributed by atoms with Crippen LogP contribution in [0.5, 0.6) is 17.2 Å². The minimum absolute atomic E-state index is 0.190. The third-order valence-corrected chi connectivity index (χ3v) is 5.28. The van der Waals surface area contributed by atoms with Gasteiger partial charge in [0.25, 0.3) is 0 Å². The normalized spacial score (nSPS) is 10.7. The summed E-state index contributed by atoms with van der Waals surface area (Å²) >= 11 is 0. The maximum atomic E-state index is 11.3. The van der Waals surface area contributed by atoms with Gasteiger partial charge in [0.05, 0.1) is 38.1 Å². The number of amides is 1. The predicted octanol–water partition coefficient (Wildman–Crippen LogP) is 5.01. The van der Waals surface area contributed by atoms with E-state index in [1.54, 1.807) is 21.3 Å². The van der Waals surface area contributed by atoms with Crippen LogP contribution < -0.4 is 24.8 Å². The van der Waals surface area contributed by atoms with Crippen LogP contribution in [-0.2, 0) is 11.3 Å². The lowest BCUT2D eigenvalue weighted by molar-refractivity contribution is 0.142. The molecular weight excluding hydrogens is 422 g/mol. The van der Waals surface area contributed by atoms with E-state index >= 15 is 0 Å². The van der Waals surface area contributed by atoms with E-state index in [0.29, 0.717) is 11.5 Å². The lowest BCUT2D eigenvalue weighted by Crippen LogP contribution is -2.18. The van der Waals surface area contributed by atoms with E-state index < -0.39 is 6.09 Å². The number of rotatable bonds is 7. The Balaban J connectivity index is 1.80. The summed E-state index contributed by atoms with van der Waals surface area (Å²) in [4.78, 5) is 16.1. The number of aromatic nitrogens is 1. The number of hydrogen-bond acceptors (Lipinski definition) is 7. The number of hydrogen-bond donors (Lipinski definition) is 2. The van der Waals surface area contributed by atoms with Crippen LogP contribution in [0.4, 0.5) is 16.2 Å². The molecule has 2 N–H and O–H groups in total. The third-order valence-electron chi connectivity index (χ3n) is 5.28. The summed E-state index contributed by atoms with van der Waals surface area (Å²) in [5.74, 6) is 1.95. The standard InChI is InChI=1S/C25H25N3O5/c1-26-25(29)33-14-15-5-7-16(8-6-15)27-24-18-11-17(30-2)9-10-20(18)28-21-13-23(32-4)22(31-3)12-19(21)24/h5-13H,14H2,1-4H3,(H,26,29)(H,27,28). The van der Waals surface area contributed by atoms with Crippen molar-refractivity contribution in [3.05, 3.63) is 60.2 Å². The molecular formula is C25H25N3O5. The van der Waals surface area contributed by atoms with Gasteiger partial charge in [0.2, 0.25) is 0 Å². The number of nitrogens with one attached hydrogen (secondary N) is 2. The molecule has 8 nitrogen and oxygen atoms in total. The molecule has 0 unspecified atom stereocenters. The summed E-state index contributed by atoms with van der Waals surface area (Å²) in [7, 11) is 6.37. The van der Waals surface area contributed by atoms with Crippen molar-refractivity contribution >= 4 is 39.3 Å². The molecule has 8 heteroatoms. The summed E-state index contributed by atoms with van der Waals surface area (Å²) in [5.41, 5.74) is 4.19. The van der Waals surface area contributed by atoms with Crippen LogP contribution in [0.1, 0.15) is 5.56 Å². The zero-order valence-electron chi connectivity index (χ0n) is 18.9. The predicted molar refractivity (Wildman–Crippen MR) is 128 cm³/mol. The fourth-order valence-electron chi connectivity index (χ4n) is 3.56. The first-order valence-electron chi connectivity index (χ1n) is 10.3. The average molecular weight is 447 g/mol. The molecule has 0 saturated carbocycles. The van der Waals surface area contributed by atoms with Crippen molar-refractivity contribution in [1.82, 2.24) is 10.3 Å². The van der Waals surface area contributed by atoms with Crippen molar-refractivity contribution in [2.24, 2.45) is 0 Å². The largest absolute Gasteiger partial charge is 0.497 e. The van der Waals surface area contributed by atoms with Gasteiger partial charge in [-0.3, -0.25) is 0 Å². The first kappa shape index (κ1) is 22.0. The van der Waals surface area contributed by atoms with Gasteiger partial charge >= 0.3 is 6.09 Å².